The number of nitrogens with zero attached hydrogens (tertiary/aromatic N) is 1. The average molecular weight is 287 g/mol. The Morgan fingerprint density at radius 1 is 1.11 bits per heavy atom. The summed E-state index contributed by atoms with van der Waals surface area (Å²) >= 11 is 11.5. The van der Waals surface area contributed by atoms with Crippen LogP contribution in [0, 0.1) is 0 Å². The number of hydrogen-bond acceptors (Lipinski definition) is 5. The Hall–Kier alpha value is -1.92. The number of carbonyl (C=O) groups is 3. The first kappa shape index (κ1) is 12.5. The highest BCUT2D eigenvalue weighted by Gasteiger charge is 2.35. The summed E-state index contributed by atoms with van der Waals surface area (Å²) in [5.74, 6) is -3.29. The minimum Gasteiger partial charge on any atom is -0.410 e. The molecule has 1 aliphatic rings. The lowest BCUT2D eigenvalue weighted by Gasteiger charge is -2.06. The van der Waals surface area contributed by atoms with Crippen molar-refractivity contribution < 1.29 is 19.6 Å². The van der Waals surface area contributed by atoms with Crippen molar-refractivity contribution in [3.63, 3.8) is 0 Å². The van der Waals surface area contributed by atoms with Crippen LogP contribution in [0.2, 0.25) is 10.0 Å². The van der Waals surface area contributed by atoms with Gasteiger partial charge in [0.2, 0.25) is 11.5 Å². The normalized spacial score (nSPS) is 17.4. The molecular formula is C10H4Cl2N2O4. The summed E-state index contributed by atoms with van der Waals surface area (Å²) in [6, 6.07) is 2.53. The van der Waals surface area contributed by atoms with Crippen molar-refractivity contribution in [1.82, 2.24) is 0 Å². The quantitative estimate of drug-likeness (QED) is 0.429. The van der Waals surface area contributed by atoms with Gasteiger partial charge in [0.05, 0.1) is 16.3 Å². The molecule has 0 radical (unpaired) electrons. The Bertz CT molecular complexity index is 625. The molecule has 1 heterocycles. The van der Waals surface area contributed by atoms with E-state index in [2.05, 4.69) is 10.5 Å². The van der Waals surface area contributed by atoms with Gasteiger partial charge in [-0.05, 0) is 12.1 Å². The Morgan fingerprint density at radius 2 is 1.78 bits per heavy atom. The van der Waals surface area contributed by atoms with Crippen LogP contribution < -0.4 is 5.32 Å². The molecule has 2 rings (SSSR count). The monoisotopic (exact) mass is 286 g/mol. The number of nitrogens with one attached hydrogen (secondary N) is 1. The molecule has 6 nitrogen and oxygen atoms in total. The highest BCUT2D eigenvalue weighted by atomic mass is 35.5. The van der Waals surface area contributed by atoms with Gasteiger partial charge in [-0.25, -0.2) is 0 Å². The number of Topliss-reactive ketones (excluding diaryl/α,β-unsaturated/α-hetero) is 2. The third-order valence-corrected chi connectivity index (χ3v) is 2.78. The van der Waals surface area contributed by atoms with Crippen LogP contribution in [-0.2, 0) is 9.59 Å². The van der Waals surface area contributed by atoms with E-state index in [-0.39, 0.29) is 21.3 Å². The van der Waals surface area contributed by atoms with Crippen LogP contribution in [0.5, 0.6) is 0 Å². The summed E-state index contributed by atoms with van der Waals surface area (Å²) in [6.07, 6.45) is 0. The largest absolute Gasteiger partial charge is 0.410 e. The van der Waals surface area contributed by atoms with Crippen molar-refractivity contribution in [1.29, 1.82) is 0 Å². The number of oxime groups is 1. The predicted molar refractivity (Wildman–Crippen MR) is 63.7 cm³/mol. The van der Waals surface area contributed by atoms with Gasteiger partial charge < -0.3 is 10.5 Å². The molecule has 0 bridgehead atoms. The first-order valence-corrected chi connectivity index (χ1v) is 5.32. The minimum atomic E-state index is -1.24. The Labute approximate surface area is 110 Å². The molecule has 0 spiro atoms. The standard InChI is InChI=1S/C10H4Cl2N2O4/c11-3-1-4(12)6-5(2-3)13-10(17)7(14-18)9(16)8(6)15/h1-2,18H,(H,13,17). The Balaban J connectivity index is 2.72. The fourth-order valence-electron chi connectivity index (χ4n) is 1.50. The van der Waals surface area contributed by atoms with Gasteiger partial charge in [-0.15, -0.1) is 0 Å². The lowest BCUT2D eigenvalue weighted by molar-refractivity contribution is -0.113. The van der Waals surface area contributed by atoms with Gasteiger partial charge in [0.1, 0.15) is 0 Å². The molecule has 2 N–H and O–H groups in total. The SMILES string of the molecule is O=C1Nc2cc(Cl)cc(Cl)c2C(=O)C(=O)C1=NO. The van der Waals surface area contributed by atoms with E-state index < -0.39 is 23.2 Å². The summed E-state index contributed by atoms with van der Waals surface area (Å²) in [7, 11) is 0. The molecule has 1 amide bonds. The number of hydrogen-bond donors (Lipinski definition) is 2. The summed E-state index contributed by atoms with van der Waals surface area (Å²) < 4.78 is 0. The van der Waals surface area contributed by atoms with Crippen LogP contribution in [0.25, 0.3) is 0 Å². The summed E-state index contributed by atoms with van der Waals surface area (Å²) in [5, 5.41) is 13.4. The highest BCUT2D eigenvalue weighted by Crippen LogP contribution is 2.31. The maximum absolute atomic E-state index is 11.8. The molecule has 0 unspecified atom stereocenters. The molecule has 18 heavy (non-hydrogen) atoms. The van der Waals surface area contributed by atoms with E-state index in [1.807, 2.05) is 0 Å². The van der Waals surface area contributed by atoms with E-state index in [4.69, 9.17) is 28.4 Å². The van der Waals surface area contributed by atoms with Gasteiger partial charge >= 0.3 is 0 Å². The molecule has 1 aliphatic heterocycles. The third-order valence-electron chi connectivity index (χ3n) is 2.27. The predicted octanol–water partition coefficient (Wildman–Crippen LogP) is 1.53. The maximum atomic E-state index is 11.8. The molecular weight excluding hydrogens is 283 g/mol. The van der Waals surface area contributed by atoms with E-state index in [1.165, 1.54) is 12.1 Å². The summed E-state index contributed by atoms with van der Waals surface area (Å²) in [5.41, 5.74) is -1.09. The lowest BCUT2D eigenvalue weighted by Crippen LogP contribution is -2.31. The average Bonchev–Trinajstić information content (AvgIpc) is 2.35. The van der Waals surface area contributed by atoms with Gasteiger partial charge in [-0.2, -0.15) is 0 Å². The van der Waals surface area contributed by atoms with Crippen LogP contribution in [0.15, 0.2) is 17.3 Å². The van der Waals surface area contributed by atoms with Crippen molar-refractivity contribution in [2.24, 2.45) is 5.16 Å². The van der Waals surface area contributed by atoms with Gasteiger partial charge in [-0.1, -0.05) is 28.4 Å². The summed E-state index contributed by atoms with van der Waals surface area (Å²) in [4.78, 5) is 34.9. The number of benzene rings is 1. The van der Waals surface area contributed by atoms with Gasteiger partial charge in [-0.3, -0.25) is 14.4 Å². The molecule has 1 aromatic rings. The first-order chi connectivity index (χ1) is 8.45. The number of rotatable bonds is 0. The van der Waals surface area contributed by atoms with E-state index in [0.717, 1.165) is 0 Å². The number of fused-ring (bicyclic) bond motifs is 1. The number of amides is 1. The van der Waals surface area contributed by atoms with Crippen molar-refractivity contribution in [3.8, 4) is 0 Å². The molecule has 0 saturated carbocycles. The van der Waals surface area contributed by atoms with Crippen LogP contribution in [0.3, 0.4) is 0 Å². The second-order valence-electron chi connectivity index (χ2n) is 3.37. The summed E-state index contributed by atoms with van der Waals surface area (Å²) in [6.45, 7) is 0. The molecule has 92 valence electrons. The van der Waals surface area contributed by atoms with Crippen LogP contribution in [-0.4, -0.2) is 28.4 Å². The van der Waals surface area contributed by atoms with E-state index in [0.29, 0.717) is 0 Å². The van der Waals surface area contributed by atoms with E-state index >= 15 is 0 Å². The highest BCUT2D eigenvalue weighted by molar-refractivity contribution is 6.83. The first-order valence-electron chi connectivity index (χ1n) is 4.57. The molecule has 1 aromatic carbocycles. The zero-order chi connectivity index (χ0) is 13.4. The molecule has 0 saturated heterocycles. The number of anilines is 1. The third kappa shape index (κ3) is 1.85. The van der Waals surface area contributed by atoms with Crippen molar-refractivity contribution >= 4 is 52.1 Å². The van der Waals surface area contributed by atoms with E-state index in [1.54, 1.807) is 0 Å². The van der Waals surface area contributed by atoms with Crippen molar-refractivity contribution in [2.45, 2.75) is 0 Å². The second-order valence-corrected chi connectivity index (χ2v) is 4.21. The maximum Gasteiger partial charge on any atom is 0.281 e. The van der Waals surface area contributed by atoms with Crippen LogP contribution in [0.1, 0.15) is 10.4 Å². The number of ketones is 2. The topological polar surface area (TPSA) is 95.8 Å². The van der Waals surface area contributed by atoms with Crippen LogP contribution in [0.4, 0.5) is 5.69 Å². The Morgan fingerprint density at radius 3 is 2.39 bits per heavy atom. The molecule has 0 aliphatic carbocycles. The molecule has 0 fully saturated rings. The lowest BCUT2D eigenvalue weighted by atomic mass is 10.0. The van der Waals surface area contributed by atoms with Crippen molar-refractivity contribution in [2.75, 3.05) is 5.32 Å². The zero-order valence-corrected chi connectivity index (χ0v) is 10.0. The minimum absolute atomic E-state index is 0.00509. The van der Waals surface area contributed by atoms with E-state index in [9.17, 15) is 14.4 Å². The second kappa shape index (κ2) is 4.40. The number of carbonyl (C=O) groups excluding carboxylic acids is 3. The van der Waals surface area contributed by atoms with Crippen LogP contribution >= 0.6 is 23.2 Å². The Kier molecular flexibility index (Phi) is 3.06. The molecule has 0 aromatic heterocycles. The van der Waals surface area contributed by atoms with Crippen molar-refractivity contribution in [3.05, 3.63) is 27.7 Å². The van der Waals surface area contributed by atoms with Gasteiger partial charge in [0.25, 0.3) is 11.7 Å². The van der Waals surface area contributed by atoms with Gasteiger partial charge in [0.15, 0.2) is 0 Å². The van der Waals surface area contributed by atoms with Gasteiger partial charge in [0, 0.05) is 5.02 Å². The molecule has 8 heteroatoms. The molecule has 0 atom stereocenters. The smallest absolute Gasteiger partial charge is 0.281 e. The fraction of sp³-hybridized carbons (Fsp3) is 0. The fourth-order valence-corrected chi connectivity index (χ4v) is 2.08. The zero-order valence-electron chi connectivity index (χ0n) is 8.53. The number of halogens is 2.